The van der Waals surface area contributed by atoms with Gasteiger partial charge >= 0.3 is 0 Å². The average Bonchev–Trinajstić information content (AvgIpc) is 2.64. The Morgan fingerprint density at radius 1 is 1.00 bits per heavy atom. The van der Waals surface area contributed by atoms with Crippen LogP contribution in [0, 0.1) is 17.6 Å². The minimum Gasteiger partial charge on any atom is -0.377 e. The van der Waals surface area contributed by atoms with Gasteiger partial charge in [0.2, 0.25) is 5.95 Å². The van der Waals surface area contributed by atoms with Crippen LogP contribution in [0.4, 0.5) is 24.7 Å². The van der Waals surface area contributed by atoms with Crippen molar-refractivity contribution in [3.8, 4) is 0 Å². The van der Waals surface area contributed by atoms with Crippen LogP contribution in [0.15, 0.2) is 59.5 Å². The Hall–Kier alpha value is -2.78. The van der Waals surface area contributed by atoms with Crippen molar-refractivity contribution >= 4 is 33.1 Å². The van der Waals surface area contributed by atoms with Gasteiger partial charge in [0, 0.05) is 5.56 Å². The molecular formula is C19H15ClF3N3O2S. The van der Waals surface area contributed by atoms with Gasteiger partial charge in [-0.05, 0) is 37.3 Å². The van der Waals surface area contributed by atoms with E-state index in [0.717, 1.165) is 18.2 Å². The Bertz CT molecular complexity index is 1160. The Kier molecular flexibility index (Phi) is 5.99. The molecule has 0 spiro atoms. The number of hydrogen-bond donors (Lipinski definition) is 2. The zero-order valence-electron chi connectivity index (χ0n) is 15.0. The summed E-state index contributed by atoms with van der Waals surface area (Å²) in [5, 5.41) is 2.76. The van der Waals surface area contributed by atoms with E-state index in [9.17, 15) is 21.6 Å². The summed E-state index contributed by atoms with van der Waals surface area (Å²) in [7, 11) is -4.41. The molecule has 0 fully saturated rings. The minimum atomic E-state index is -4.41. The van der Waals surface area contributed by atoms with E-state index < -0.39 is 38.5 Å². The summed E-state index contributed by atoms with van der Waals surface area (Å²) in [5.41, 5.74) is 0.419. The summed E-state index contributed by atoms with van der Waals surface area (Å²) in [4.78, 5) is 2.64. The smallest absolute Gasteiger partial charge is 0.266 e. The minimum absolute atomic E-state index is 0.0859. The number of benzene rings is 2. The lowest BCUT2D eigenvalue weighted by Crippen LogP contribution is -2.16. The van der Waals surface area contributed by atoms with E-state index in [1.165, 1.54) is 24.3 Å². The molecule has 0 saturated carbocycles. The molecule has 10 heteroatoms. The highest BCUT2D eigenvalue weighted by Gasteiger charge is 2.23. The summed E-state index contributed by atoms with van der Waals surface area (Å²) in [6.45, 7) is 1.65. The lowest BCUT2D eigenvalue weighted by molar-refractivity contribution is 0.569. The Morgan fingerprint density at radius 3 is 2.41 bits per heavy atom. The first-order chi connectivity index (χ1) is 13.7. The van der Waals surface area contributed by atoms with Crippen molar-refractivity contribution in [2.24, 2.45) is 0 Å². The molecule has 0 aliphatic rings. The van der Waals surface area contributed by atoms with E-state index in [-0.39, 0.29) is 16.5 Å². The van der Waals surface area contributed by atoms with Gasteiger partial charge in [0.25, 0.3) is 10.0 Å². The molecular weight excluding hydrogens is 427 g/mol. The van der Waals surface area contributed by atoms with Gasteiger partial charge in [-0.15, -0.1) is 0 Å². The number of aromatic nitrogens is 1. The van der Waals surface area contributed by atoms with Crippen molar-refractivity contribution < 1.29 is 21.6 Å². The van der Waals surface area contributed by atoms with Crippen LogP contribution in [0.3, 0.4) is 0 Å². The van der Waals surface area contributed by atoms with Crippen molar-refractivity contribution in [1.82, 2.24) is 4.98 Å². The zero-order chi connectivity index (χ0) is 21.2. The fourth-order valence-corrected chi connectivity index (χ4v) is 4.01. The molecule has 0 aliphatic carbocycles. The topological polar surface area (TPSA) is 71.1 Å². The Labute approximate surface area is 170 Å². The number of rotatable bonds is 6. The van der Waals surface area contributed by atoms with Crippen LogP contribution in [0.2, 0.25) is 5.02 Å². The van der Waals surface area contributed by atoms with Gasteiger partial charge in [0.15, 0.2) is 0 Å². The van der Waals surface area contributed by atoms with E-state index in [4.69, 9.17) is 11.6 Å². The highest BCUT2D eigenvalue weighted by atomic mass is 35.5. The van der Waals surface area contributed by atoms with Crippen molar-refractivity contribution in [1.29, 1.82) is 0 Å². The molecule has 152 valence electrons. The molecule has 2 N–H and O–H groups in total. The Morgan fingerprint density at radius 2 is 1.72 bits per heavy atom. The lowest BCUT2D eigenvalue weighted by atomic mass is 10.1. The standard InChI is InChI=1S/C19H15ClF3N3O2S/c1-11(12-5-2-3-6-14(12)21)24-16-10-15(22)17(9-13(16)20)29(27,28)26-19-8-4-7-18(23)25-19/h2-11,24H,1H3,(H,25,26). The van der Waals surface area contributed by atoms with Crippen molar-refractivity contribution in [3.63, 3.8) is 0 Å². The van der Waals surface area contributed by atoms with Crippen LogP contribution in [0.1, 0.15) is 18.5 Å². The summed E-state index contributed by atoms with van der Waals surface area (Å²) in [5.74, 6) is -2.75. The van der Waals surface area contributed by atoms with Gasteiger partial charge in [-0.3, -0.25) is 4.72 Å². The number of hydrogen-bond acceptors (Lipinski definition) is 4. The molecule has 2 aromatic carbocycles. The first-order valence-corrected chi connectivity index (χ1v) is 10.2. The number of sulfonamides is 1. The molecule has 0 amide bonds. The summed E-state index contributed by atoms with van der Waals surface area (Å²) < 4.78 is 68.5. The fourth-order valence-electron chi connectivity index (χ4n) is 2.64. The van der Waals surface area contributed by atoms with Gasteiger partial charge in [-0.25, -0.2) is 22.2 Å². The molecule has 0 saturated heterocycles. The molecule has 0 aliphatic heterocycles. The van der Waals surface area contributed by atoms with Gasteiger partial charge in [-0.1, -0.05) is 35.9 Å². The van der Waals surface area contributed by atoms with E-state index in [2.05, 4.69) is 10.3 Å². The normalized spacial score (nSPS) is 12.4. The van der Waals surface area contributed by atoms with Crippen LogP contribution in [0.5, 0.6) is 0 Å². The van der Waals surface area contributed by atoms with Crippen LogP contribution < -0.4 is 10.0 Å². The monoisotopic (exact) mass is 441 g/mol. The maximum absolute atomic E-state index is 14.6. The maximum Gasteiger partial charge on any atom is 0.266 e. The number of halogens is 4. The molecule has 1 unspecified atom stereocenters. The third-order valence-corrected chi connectivity index (χ3v) is 5.69. The summed E-state index contributed by atoms with van der Waals surface area (Å²) >= 11 is 6.12. The van der Waals surface area contributed by atoms with Gasteiger partial charge in [0.1, 0.15) is 22.3 Å². The first kappa shape index (κ1) is 20.9. The summed E-state index contributed by atoms with van der Waals surface area (Å²) in [6, 6.07) is 10.8. The molecule has 1 aromatic heterocycles. The van der Waals surface area contributed by atoms with Crippen molar-refractivity contribution in [2.75, 3.05) is 10.0 Å². The fraction of sp³-hybridized carbons (Fsp3) is 0.105. The molecule has 0 bridgehead atoms. The molecule has 29 heavy (non-hydrogen) atoms. The molecule has 3 aromatic rings. The van der Waals surface area contributed by atoms with Crippen LogP contribution in [-0.2, 0) is 10.0 Å². The first-order valence-electron chi connectivity index (χ1n) is 8.33. The predicted molar refractivity (Wildman–Crippen MR) is 105 cm³/mol. The van der Waals surface area contributed by atoms with Gasteiger partial charge in [0.05, 0.1) is 16.8 Å². The number of pyridine rings is 1. The quantitative estimate of drug-likeness (QED) is 0.520. The predicted octanol–water partition coefficient (Wildman–Crippen LogP) is 5.13. The third-order valence-electron chi connectivity index (χ3n) is 4.01. The SMILES string of the molecule is CC(Nc1cc(F)c(S(=O)(=O)Nc2cccc(F)n2)cc1Cl)c1ccccc1F. The number of nitrogens with one attached hydrogen (secondary N) is 2. The molecule has 5 nitrogen and oxygen atoms in total. The largest absolute Gasteiger partial charge is 0.377 e. The summed E-state index contributed by atoms with van der Waals surface area (Å²) in [6.07, 6.45) is 0. The maximum atomic E-state index is 14.6. The third kappa shape index (κ3) is 4.80. The average molecular weight is 442 g/mol. The van der Waals surface area contributed by atoms with E-state index in [1.54, 1.807) is 19.1 Å². The van der Waals surface area contributed by atoms with Gasteiger partial charge < -0.3 is 5.32 Å². The van der Waals surface area contributed by atoms with Crippen molar-refractivity contribution in [2.45, 2.75) is 17.9 Å². The molecule has 1 atom stereocenters. The van der Waals surface area contributed by atoms with Crippen LogP contribution in [0.25, 0.3) is 0 Å². The van der Waals surface area contributed by atoms with E-state index >= 15 is 0 Å². The van der Waals surface area contributed by atoms with Crippen LogP contribution >= 0.6 is 11.6 Å². The second-order valence-electron chi connectivity index (χ2n) is 6.10. The highest BCUT2D eigenvalue weighted by Crippen LogP contribution is 2.32. The second kappa shape index (κ2) is 8.30. The number of nitrogens with zero attached hydrogens (tertiary/aromatic N) is 1. The highest BCUT2D eigenvalue weighted by molar-refractivity contribution is 7.92. The zero-order valence-corrected chi connectivity index (χ0v) is 16.5. The molecule has 3 rings (SSSR count). The van der Waals surface area contributed by atoms with E-state index in [0.29, 0.717) is 5.56 Å². The molecule has 0 radical (unpaired) electrons. The number of anilines is 2. The van der Waals surface area contributed by atoms with Crippen LogP contribution in [-0.4, -0.2) is 13.4 Å². The molecule has 1 heterocycles. The Balaban J connectivity index is 1.88. The van der Waals surface area contributed by atoms with E-state index in [1.807, 2.05) is 4.72 Å². The van der Waals surface area contributed by atoms with Crippen molar-refractivity contribution in [3.05, 3.63) is 82.8 Å². The second-order valence-corrected chi connectivity index (χ2v) is 8.16. The lowest BCUT2D eigenvalue weighted by Gasteiger charge is -2.18. The van der Waals surface area contributed by atoms with Gasteiger partial charge in [-0.2, -0.15) is 4.39 Å².